The molecule has 23 heavy (non-hydrogen) atoms. The molecule has 0 radical (unpaired) electrons. The van der Waals surface area contributed by atoms with Crippen molar-refractivity contribution in [1.82, 2.24) is 10.2 Å². The maximum atomic E-state index is 10.2. The fraction of sp³-hybridized carbons (Fsp3) is 0.250. The van der Waals surface area contributed by atoms with E-state index in [-0.39, 0.29) is 5.92 Å². The Bertz CT molecular complexity index is 850. The van der Waals surface area contributed by atoms with Gasteiger partial charge in [-0.05, 0) is 35.7 Å². The number of fused-ring (bicyclic) bond motifs is 2. The fourth-order valence-corrected chi connectivity index (χ4v) is 3.34. The van der Waals surface area contributed by atoms with Gasteiger partial charge in [-0.2, -0.15) is 10.2 Å². The molecule has 2 aliphatic rings. The van der Waals surface area contributed by atoms with Crippen molar-refractivity contribution in [2.45, 2.75) is 6.42 Å². The van der Waals surface area contributed by atoms with Crippen molar-refractivity contribution in [2.24, 2.45) is 5.92 Å². The molecule has 3 N–H and O–H groups in total. The maximum Gasteiger partial charge on any atom is 0.488 e. The predicted octanol–water partition coefficient (Wildman–Crippen LogP) is 1.57. The van der Waals surface area contributed by atoms with Gasteiger partial charge in [-0.25, -0.2) is 0 Å². The van der Waals surface area contributed by atoms with E-state index in [1.165, 1.54) is 6.20 Å². The molecule has 1 atom stereocenters. The molecule has 1 aliphatic carbocycles. The van der Waals surface area contributed by atoms with Crippen molar-refractivity contribution in [3.8, 4) is 0 Å². The van der Waals surface area contributed by atoms with Crippen LogP contribution in [0.25, 0.3) is 16.5 Å². The van der Waals surface area contributed by atoms with E-state index in [4.69, 9.17) is 15.1 Å². The first kappa shape index (κ1) is 14.2. The quantitative estimate of drug-likeness (QED) is 0.818. The number of benzene rings is 1. The van der Waals surface area contributed by atoms with Gasteiger partial charge in [0.1, 0.15) is 5.76 Å². The first-order valence-electron chi connectivity index (χ1n) is 7.48. The van der Waals surface area contributed by atoms with E-state index in [1.807, 2.05) is 24.3 Å². The number of methoxy groups -OCH3 is 1. The molecule has 0 bridgehead atoms. The third-order valence-electron chi connectivity index (χ3n) is 4.46. The number of nitrogens with zero attached hydrogens (tertiary/aromatic N) is 2. The monoisotopic (exact) mass is 309 g/mol. The van der Waals surface area contributed by atoms with Gasteiger partial charge in [0.2, 0.25) is 0 Å². The molecular weight excluding hydrogens is 293 g/mol. The van der Waals surface area contributed by atoms with Crippen LogP contribution in [0.3, 0.4) is 0 Å². The molecule has 116 valence electrons. The molecular formula is C16H16BN3O3. The Morgan fingerprint density at radius 2 is 2.30 bits per heavy atom. The summed E-state index contributed by atoms with van der Waals surface area (Å²) in [5, 5.41) is 19.1. The lowest BCUT2D eigenvalue weighted by molar-refractivity contribution is 0.272. The number of rotatable bonds is 2. The first-order valence-corrected chi connectivity index (χ1v) is 7.48. The fourth-order valence-electron chi connectivity index (χ4n) is 3.34. The Morgan fingerprint density at radius 3 is 3.13 bits per heavy atom. The normalized spacial score (nSPS) is 20.7. The van der Waals surface area contributed by atoms with Gasteiger partial charge in [0, 0.05) is 23.5 Å². The highest BCUT2D eigenvalue weighted by molar-refractivity contribution is 6.55. The van der Waals surface area contributed by atoms with Crippen molar-refractivity contribution in [3.63, 3.8) is 0 Å². The van der Waals surface area contributed by atoms with Gasteiger partial charge in [-0.3, -0.25) is 0 Å². The van der Waals surface area contributed by atoms with E-state index in [0.717, 1.165) is 34.2 Å². The lowest BCUT2D eigenvalue weighted by Crippen LogP contribution is -2.19. The van der Waals surface area contributed by atoms with Crippen LogP contribution in [0.2, 0.25) is 0 Å². The lowest BCUT2D eigenvalue weighted by atomic mass is 9.67. The van der Waals surface area contributed by atoms with Crippen LogP contribution in [-0.2, 0) is 9.39 Å². The Morgan fingerprint density at radius 1 is 1.43 bits per heavy atom. The molecule has 1 saturated heterocycles. The molecule has 2 aromatic rings. The summed E-state index contributed by atoms with van der Waals surface area (Å²) in [6.45, 7) is 0.522. The molecule has 1 aromatic carbocycles. The summed E-state index contributed by atoms with van der Waals surface area (Å²) in [6.07, 6.45) is 4.38. The zero-order valence-electron chi connectivity index (χ0n) is 12.7. The van der Waals surface area contributed by atoms with Crippen LogP contribution in [-0.4, -0.2) is 36.1 Å². The number of nitrogens with two attached hydrogens (primary N) is 1. The molecule has 0 saturated carbocycles. The molecule has 0 amide bonds. The molecule has 1 aliphatic heterocycles. The van der Waals surface area contributed by atoms with Crippen LogP contribution in [0.4, 0.5) is 5.69 Å². The smallest absolute Gasteiger partial charge is 0.488 e. The summed E-state index contributed by atoms with van der Waals surface area (Å²) in [7, 11) is 0.741. The van der Waals surface area contributed by atoms with E-state index >= 15 is 0 Å². The number of nitrogen functional groups attached to an aromatic ring is 1. The number of aromatic nitrogens is 2. The molecule has 2 heterocycles. The average Bonchev–Trinajstić information content (AvgIpc) is 2.95. The lowest BCUT2D eigenvalue weighted by Gasteiger charge is -2.23. The predicted molar refractivity (Wildman–Crippen MR) is 88.0 cm³/mol. The summed E-state index contributed by atoms with van der Waals surface area (Å²) >= 11 is 0. The Kier molecular flexibility index (Phi) is 3.32. The van der Waals surface area contributed by atoms with Gasteiger partial charge in [0.05, 0.1) is 24.5 Å². The highest BCUT2D eigenvalue weighted by atomic mass is 16.5. The third-order valence-corrected chi connectivity index (χ3v) is 4.46. The number of hydrogen-bond acceptors (Lipinski definition) is 6. The highest BCUT2D eigenvalue weighted by Crippen LogP contribution is 2.41. The Hall–Kier alpha value is -2.38. The van der Waals surface area contributed by atoms with Crippen molar-refractivity contribution in [1.29, 1.82) is 0 Å². The zero-order chi connectivity index (χ0) is 16.0. The summed E-state index contributed by atoms with van der Waals surface area (Å²) in [6, 6.07) is 5.80. The number of anilines is 1. The van der Waals surface area contributed by atoms with E-state index in [2.05, 4.69) is 10.2 Å². The minimum atomic E-state index is -0.892. The van der Waals surface area contributed by atoms with Crippen LogP contribution < -0.4 is 5.73 Å². The highest BCUT2D eigenvalue weighted by Gasteiger charge is 2.40. The van der Waals surface area contributed by atoms with Crippen molar-refractivity contribution in [2.75, 3.05) is 19.5 Å². The molecule has 7 heteroatoms. The van der Waals surface area contributed by atoms with Crippen molar-refractivity contribution in [3.05, 3.63) is 47.3 Å². The number of hydrogen-bond donors (Lipinski definition) is 2. The van der Waals surface area contributed by atoms with Gasteiger partial charge in [0.25, 0.3) is 0 Å². The van der Waals surface area contributed by atoms with Crippen molar-refractivity contribution >= 4 is 29.3 Å². The van der Waals surface area contributed by atoms with Gasteiger partial charge < -0.3 is 20.1 Å². The van der Waals surface area contributed by atoms with Gasteiger partial charge in [-0.1, -0.05) is 6.07 Å². The number of allylic oxidation sites excluding steroid dienone is 2. The van der Waals surface area contributed by atoms with E-state index in [9.17, 15) is 5.02 Å². The Balaban J connectivity index is 1.93. The second-order valence-electron chi connectivity index (χ2n) is 5.75. The minimum absolute atomic E-state index is 0.182. The van der Waals surface area contributed by atoms with Crippen LogP contribution in [0.5, 0.6) is 0 Å². The van der Waals surface area contributed by atoms with E-state index in [1.54, 1.807) is 7.11 Å². The molecule has 6 nitrogen and oxygen atoms in total. The largest absolute Gasteiger partial charge is 0.496 e. The van der Waals surface area contributed by atoms with E-state index in [0.29, 0.717) is 17.8 Å². The van der Waals surface area contributed by atoms with Gasteiger partial charge in [-0.15, -0.1) is 0 Å². The minimum Gasteiger partial charge on any atom is -0.496 e. The third kappa shape index (κ3) is 2.20. The standard InChI is InChI=1S/C16H16BN3O3/c1-22-14-5-3-10-8-23-17(21)16(10)15(14)9-2-4-11-12(18)7-19-20-13(11)6-9/h2,4-7,10,21H,3,8H2,1H3,(H2,18,20). The zero-order valence-corrected chi connectivity index (χ0v) is 12.7. The molecule has 1 aromatic heterocycles. The summed E-state index contributed by atoms with van der Waals surface area (Å²) in [5.74, 6) is 0.929. The average molecular weight is 309 g/mol. The second kappa shape index (κ2) is 5.36. The van der Waals surface area contributed by atoms with E-state index < -0.39 is 7.12 Å². The summed E-state index contributed by atoms with van der Waals surface area (Å²) in [5.41, 5.74) is 9.90. The first-order chi connectivity index (χ1) is 11.2. The molecule has 1 unspecified atom stereocenters. The van der Waals surface area contributed by atoms with Crippen LogP contribution in [0, 0.1) is 5.92 Å². The molecule has 0 spiro atoms. The van der Waals surface area contributed by atoms with Gasteiger partial charge >= 0.3 is 7.12 Å². The SMILES string of the molecule is COC1=CCC2COB(O)C2=C1c1ccc2c(N)cnnc2c1. The summed E-state index contributed by atoms with van der Waals surface area (Å²) in [4.78, 5) is 0. The maximum absolute atomic E-state index is 10.2. The van der Waals surface area contributed by atoms with Crippen LogP contribution in [0.1, 0.15) is 12.0 Å². The molecule has 4 rings (SSSR count). The number of ether oxygens (including phenoxy) is 1. The van der Waals surface area contributed by atoms with Crippen LogP contribution in [0.15, 0.2) is 41.7 Å². The Labute approximate surface area is 133 Å². The van der Waals surface area contributed by atoms with Crippen molar-refractivity contribution < 1.29 is 14.4 Å². The van der Waals surface area contributed by atoms with Crippen LogP contribution >= 0.6 is 0 Å². The topological polar surface area (TPSA) is 90.5 Å². The van der Waals surface area contributed by atoms with Gasteiger partial charge in [0.15, 0.2) is 0 Å². The summed E-state index contributed by atoms with van der Waals surface area (Å²) < 4.78 is 10.9. The second-order valence-corrected chi connectivity index (χ2v) is 5.75. The molecule has 1 fully saturated rings.